The Morgan fingerprint density at radius 2 is 1.95 bits per heavy atom. The number of phenols is 1. The first kappa shape index (κ1) is 15.7. The Kier molecular flexibility index (Phi) is 5.47. The summed E-state index contributed by atoms with van der Waals surface area (Å²) in [6, 6.07) is 6.83. The second kappa shape index (κ2) is 7.33. The van der Waals surface area contributed by atoms with Gasteiger partial charge < -0.3 is 0 Å². The number of benzene rings is 1. The zero-order chi connectivity index (χ0) is 15.2. The summed E-state index contributed by atoms with van der Waals surface area (Å²) in [5.74, 6) is 5.43. The molecule has 1 amide bonds. The molecule has 0 saturated carbocycles. The standard InChI is InChI=1S/C13H20AsN5O2/c14-12(10-1-3-11(20)4-2-10)13(21)19-7-5-18(6-8-19)9-16-17-15/h1-4,9,12,17,20H,5-8,14-15H2/t12-/m1/s1. The number of phenolic OH excluding ortho intramolecular Hbond substituents is 1. The van der Waals surface area contributed by atoms with Crippen LogP contribution in [0.3, 0.4) is 0 Å². The van der Waals surface area contributed by atoms with Crippen molar-refractivity contribution in [2.75, 3.05) is 26.2 Å². The van der Waals surface area contributed by atoms with Gasteiger partial charge in [-0.15, -0.1) is 0 Å². The van der Waals surface area contributed by atoms with Crippen molar-refractivity contribution in [3.63, 3.8) is 0 Å². The maximum atomic E-state index is 12.5. The predicted molar refractivity (Wildman–Crippen MR) is 83.4 cm³/mol. The summed E-state index contributed by atoms with van der Waals surface area (Å²) in [5.41, 5.74) is 3.16. The molecule has 21 heavy (non-hydrogen) atoms. The minimum absolute atomic E-state index is 0.134. The van der Waals surface area contributed by atoms with E-state index in [-0.39, 0.29) is 16.4 Å². The van der Waals surface area contributed by atoms with Crippen molar-refractivity contribution in [3.8, 4) is 5.75 Å². The van der Waals surface area contributed by atoms with E-state index in [0.29, 0.717) is 13.1 Å². The number of nitrogens with zero attached hydrogens (tertiary/aromatic N) is 3. The van der Waals surface area contributed by atoms with Crippen molar-refractivity contribution in [3.05, 3.63) is 29.8 Å². The van der Waals surface area contributed by atoms with E-state index in [1.54, 1.807) is 30.6 Å². The van der Waals surface area contributed by atoms with Crippen LogP contribution < -0.4 is 11.4 Å². The molecule has 1 aliphatic heterocycles. The van der Waals surface area contributed by atoms with Gasteiger partial charge in [0.25, 0.3) is 0 Å². The summed E-state index contributed by atoms with van der Waals surface area (Å²) in [4.78, 5) is 16.4. The molecular weight excluding hydrogens is 333 g/mol. The molecular formula is C13H20AsN5O2. The van der Waals surface area contributed by atoms with Crippen LogP contribution in [0.15, 0.2) is 29.4 Å². The Hall–Kier alpha value is -1.72. The van der Waals surface area contributed by atoms with E-state index in [0.717, 1.165) is 18.7 Å². The van der Waals surface area contributed by atoms with Crippen LogP contribution >= 0.6 is 0 Å². The van der Waals surface area contributed by atoms with E-state index in [1.807, 2.05) is 9.80 Å². The number of rotatable bonds is 4. The Morgan fingerprint density at radius 3 is 2.52 bits per heavy atom. The second-order valence-electron chi connectivity index (χ2n) is 4.80. The maximum absolute atomic E-state index is 12.5. The molecule has 1 aromatic rings. The van der Waals surface area contributed by atoms with E-state index < -0.39 is 0 Å². The van der Waals surface area contributed by atoms with Crippen molar-refractivity contribution in [1.29, 1.82) is 0 Å². The number of hydrogen-bond donors (Lipinski definition) is 3. The molecule has 0 spiro atoms. The topological polar surface area (TPSA) is 94.2 Å². The third kappa shape index (κ3) is 4.12. The first-order chi connectivity index (χ1) is 10.1. The van der Waals surface area contributed by atoms with Gasteiger partial charge in [0.15, 0.2) is 0 Å². The number of hydrazine groups is 1. The van der Waals surface area contributed by atoms with Crippen LogP contribution in [0.1, 0.15) is 10.3 Å². The summed E-state index contributed by atoms with van der Waals surface area (Å²) in [5, 5.41) is 13.1. The van der Waals surface area contributed by atoms with Crippen LogP contribution in [0.2, 0.25) is 0 Å². The summed E-state index contributed by atoms with van der Waals surface area (Å²) in [6.45, 7) is 2.83. The number of aromatic hydroxyl groups is 1. The van der Waals surface area contributed by atoms with Crippen molar-refractivity contribution >= 4 is 29.1 Å². The molecule has 114 valence electrons. The molecule has 1 fully saturated rings. The fraction of sp³-hybridized carbons (Fsp3) is 0.385. The Morgan fingerprint density at radius 1 is 1.33 bits per heavy atom. The molecule has 1 saturated heterocycles. The van der Waals surface area contributed by atoms with Crippen molar-refractivity contribution in [2.24, 2.45) is 10.9 Å². The molecule has 0 aromatic heterocycles. The zero-order valence-corrected chi connectivity index (χ0v) is 14.1. The number of carbonyl (C=O) groups is 1. The Balaban J connectivity index is 1.92. The monoisotopic (exact) mass is 353 g/mol. The number of hydrazone groups is 1. The number of piperazine rings is 1. The first-order valence-electron chi connectivity index (χ1n) is 6.68. The predicted octanol–water partition coefficient (Wildman–Crippen LogP) is -1.38. The molecule has 8 heteroatoms. The van der Waals surface area contributed by atoms with Crippen LogP contribution in [-0.2, 0) is 4.79 Å². The van der Waals surface area contributed by atoms with Gasteiger partial charge in [0.2, 0.25) is 0 Å². The molecule has 1 aromatic carbocycles. The minimum atomic E-state index is -0.149. The van der Waals surface area contributed by atoms with Gasteiger partial charge >= 0.3 is 132 Å². The van der Waals surface area contributed by atoms with Gasteiger partial charge in [-0.25, -0.2) is 0 Å². The SMILES string of the molecule is NNN=CN1CCN(C(=O)[C@H]([AsH2])c2ccc(O)cc2)CC1. The molecule has 0 aliphatic carbocycles. The first-order valence-corrected chi connectivity index (χ1v) is 8.08. The van der Waals surface area contributed by atoms with Crippen LogP contribution in [0.4, 0.5) is 0 Å². The average molecular weight is 353 g/mol. The Bertz CT molecular complexity index is 500. The van der Waals surface area contributed by atoms with Crippen LogP contribution in [-0.4, -0.2) is 70.2 Å². The average Bonchev–Trinajstić information content (AvgIpc) is 2.53. The number of nitrogens with two attached hydrogens (primary N) is 1. The molecule has 2 rings (SSSR count). The number of hydrogen-bond acceptors (Lipinski definition) is 5. The van der Waals surface area contributed by atoms with Crippen LogP contribution in [0.25, 0.3) is 0 Å². The summed E-state index contributed by atoms with van der Waals surface area (Å²) in [7, 11) is 0. The van der Waals surface area contributed by atoms with E-state index in [2.05, 4.69) is 10.6 Å². The number of carbonyl (C=O) groups excluding carboxylic acids is 1. The number of amides is 1. The van der Waals surface area contributed by atoms with Gasteiger partial charge in [-0.1, -0.05) is 0 Å². The molecule has 4 N–H and O–H groups in total. The molecule has 2 atom stereocenters. The van der Waals surface area contributed by atoms with Gasteiger partial charge in [0, 0.05) is 0 Å². The molecule has 0 bridgehead atoms. The van der Waals surface area contributed by atoms with Crippen molar-refractivity contribution in [2.45, 2.75) is 4.71 Å². The van der Waals surface area contributed by atoms with Crippen molar-refractivity contribution < 1.29 is 9.90 Å². The third-order valence-corrected chi connectivity index (χ3v) is 4.85. The van der Waals surface area contributed by atoms with E-state index in [4.69, 9.17) is 5.84 Å². The summed E-state index contributed by atoms with van der Waals surface area (Å²) >= 11 is 1.38. The third-order valence-electron chi connectivity index (χ3n) is 3.44. The van der Waals surface area contributed by atoms with E-state index in [9.17, 15) is 9.90 Å². The summed E-state index contributed by atoms with van der Waals surface area (Å²) in [6.07, 6.45) is 1.65. The van der Waals surface area contributed by atoms with E-state index >= 15 is 0 Å². The number of nitrogens with one attached hydrogen (secondary N) is 1. The zero-order valence-electron chi connectivity index (χ0n) is 11.6. The molecule has 1 unspecified atom stereocenters. The molecule has 1 heterocycles. The Labute approximate surface area is 132 Å². The van der Waals surface area contributed by atoms with Crippen LogP contribution in [0, 0.1) is 0 Å². The molecule has 1 aliphatic rings. The van der Waals surface area contributed by atoms with Gasteiger partial charge in [-0.3, -0.25) is 0 Å². The van der Waals surface area contributed by atoms with Gasteiger partial charge in [-0.05, 0) is 0 Å². The second-order valence-corrected chi connectivity index (χ2v) is 6.20. The quantitative estimate of drug-likeness (QED) is 0.204. The fourth-order valence-corrected chi connectivity index (χ4v) is 3.10. The summed E-state index contributed by atoms with van der Waals surface area (Å²) < 4.78 is -0.149. The van der Waals surface area contributed by atoms with E-state index in [1.165, 1.54) is 16.9 Å². The van der Waals surface area contributed by atoms with Crippen molar-refractivity contribution in [1.82, 2.24) is 15.3 Å². The van der Waals surface area contributed by atoms with Crippen LogP contribution in [0.5, 0.6) is 5.75 Å². The molecule has 0 radical (unpaired) electrons. The van der Waals surface area contributed by atoms with Gasteiger partial charge in [0.1, 0.15) is 0 Å². The van der Waals surface area contributed by atoms with Gasteiger partial charge in [-0.2, -0.15) is 0 Å². The fourth-order valence-electron chi connectivity index (χ4n) is 2.19. The molecule has 7 nitrogen and oxygen atoms in total. The normalized spacial score (nSPS) is 17.0. The van der Waals surface area contributed by atoms with Gasteiger partial charge in [0.05, 0.1) is 0 Å².